The van der Waals surface area contributed by atoms with Crippen molar-refractivity contribution in [3.63, 3.8) is 0 Å². The second-order valence-electron chi connectivity index (χ2n) is 5.23. The van der Waals surface area contributed by atoms with E-state index in [9.17, 15) is 0 Å². The molecule has 0 saturated carbocycles. The van der Waals surface area contributed by atoms with Crippen LogP contribution >= 0.6 is 0 Å². The standard InChI is InChI=1S/C13H28N2O2/c1-12-8-14-9-13(2)11-15(10-12)4-5-17-7-6-16-3/h12-14H,4-11H2,1-3H3. The average molecular weight is 244 g/mol. The van der Waals surface area contributed by atoms with E-state index in [4.69, 9.17) is 9.47 Å². The predicted molar refractivity (Wildman–Crippen MR) is 70.3 cm³/mol. The number of nitrogens with one attached hydrogen (secondary N) is 1. The maximum absolute atomic E-state index is 5.54. The van der Waals surface area contributed by atoms with Gasteiger partial charge in [0.1, 0.15) is 0 Å². The van der Waals surface area contributed by atoms with E-state index in [0.29, 0.717) is 13.2 Å². The monoisotopic (exact) mass is 244 g/mol. The molecule has 0 aromatic rings. The van der Waals surface area contributed by atoms with Crippen molar-refractivity contribution >= 4 is 0 Å². The van der Waals surface area contributed by atoms with E-state index in [-0.39, 0.29) is 0 Å². The fourth-order valence-electron chi connectivity index (χ4n) is 2.28. The second-order valence-corrected chi connectivity index (χ2v) is 5.23. The molecule has 1 saturated heterocycles. The first kappa shape index (κ1) is 14.9. The van der Waals surface area contributed by atoms with Gasteiger partial charge in [0.05, 0.1) is 19.8 Å². The number of methoxy groups -OCH3 is 1. The molecule has 2 unspecified atom stereocenters. The van der Waals surface area contributed by atoms with E-state index in [1.807, 2.05) is 0 Å². The molecule has 1 aliphatic rings. The molecule has 0 spiro atoms. The van der Waals surface area contributed by atoms with Gasteiger partial charge >= 0.3 is 0 Å². The minimum Gasteiger partial charge on any atom is -0.382 e. The topological polar surface area (TPSA) is 33.7 Å². The van der Waals surface area contributed by atoms with Crippen molar-refractivity contribution in [2.24, 2.45) is 11.8 Å². The molecule has 1 fully saturated rings. The van der Waals surface area contributed by atoms with Gasteiger partial charge in [0.25, 0.3) is 0 Å². The number of rotatable bonds is 6. The van der Waals surface area contributed by atoms with E-state index >= 15 is 0 Å². The molecule has 4 nitrogen and oxygen atoms in total. The molecule has 0 radical (unpaired) electrons. The van der Waals surface area contributed by atoms with Crippen molar-refractivity contribution in [3.05, 3.63) is 0 Å². The summed E-state index contributed by atoms with van der Waals surface area (Å²) in [4.78, 5) is 2.53. The van der Waals surface area contributed by atoms with Crippen LogP contribution in [-0.2, 0) is 9.47 Å². The van der Waals surface area contributed by atoms with Crippen LogP contribution in [0.5, 0.6) is 0 Å². The van der Waals surface area contributed by atoms with Crippen molar-refractivity contribution in [3.8, 4) is 0 Å². The van der Waals surface area contributed by atoms with Crippen LogP contribution in [-0.4, -0.2) is 64.6 Å². The zero-order chi connectivity index (χ0) is 12.5. The van der Waals surface area contributed by atoms with Gasteiger partial charge in [-0.25, -0.2) is 0 Å². The summed E-state index contributed by atoms with van der Waals surface area (Å²) in [5, 5.41) is 3.52. The maximum Gasteiger partial charge on any atom is 0.0700 e. The number of hydrogen-bond acceptors (Lipinski definition) is 4. The molecule has 4 heteroatoms. The van der Waals surface area contributed by atoms with Crippen LogP contribution in [0.3, 0.4) is 0 Å². The molecule has 1 rings (SSSR count). The normalized spacial score (nSPS) is 27.7. The van der Waals surface area contributed by atoms with Crippen LogP contribution in [0.25, 0.3) is 0 Å². The summed E-state index contributed by atoms with van der Waals surface area (Å²) in [7, 11) is 1.71. The first-order chi connectivity index (χ1) is 8.22. The molecule has 102 valence electrons. The van der Waals surface area contributed by atoms with Crippen LogP contribution in [0.1, 0.15) is 13.8 Å². The predicted octanol–water partition coefficient (Wildman–Crippen LogP) is 0.827. The maximum atomic E-state index is 5.54. The molecule has 1 heterocycles. The lowest BCUT2D eigenvalue weighted by atomic mass is 10.1. The average Bonchev–Trinajstić information content (AvgIpc) is 2.26. The van der Waals surface area contributed by atoms with Crippen molar-refractivity contribution in [1.29, 1.82) is 0 Å². The number of nitrogens with zero attached hydrogens (tertiary/aromatic N) is 1. The summed E-state index contributed by atoms with van der Waals surface area (Å²) in [6, 6.07) is 0. The highest BCUT2D eigenvalue weighted by atomic mass is 16.5. The second kappa shape index (κ2) is 8.86. The van der Waals surface area contributed by atoms with Gasteiger partial charge in [0, 0.05) is 26.7 Å². The fourth-order valence-corrected chi connectivity index (χ4v) is 2.28. The highest BCUT2D eigenvalue weighted by Crippen LogP contribution is 2.07. The van der Waals surface area contributed by atoms with Crippen molar-refractivity contribution in [2.75, 3.05) is 59.7 Å². The summed E-state index contributed by atoms with van der Waals surface area (Å²) >= 11 is 0. The lowest BCUT2D eigenvalue weighted by Crippen LogP contribution is -2.43. The third-order valence-electron chi connectivity index (χ3n) is 3.11. The Labute approximate surface area is 106 Å². The molecule has 1 aliphatic heterocycles. The van der Waals surface area contributed by atoms with Crippen LogP contribution in [0.15, 0.2) is 0 Å². The van der Waals surface area contributed by atoms with Gasteiger partial charge in [0.2, 0.25) is 0 Å². The quantitative estimate of drug-likeness (QED) is 0.702. The van der Waals surface area contributed by atoms with Crippen molar-refractivity contribution in [2.45, 2.75) is 13.8 Å². The third kappa shape index (κ3) is 6.99. The summed E-state index contributed by atoms with van der Waals surface area (Å²) in [5.41, 5.74) is 0. The van der Waals surface area contributed by atoms with Crippen LogP contribution < -0.4 is 5.32 Å². The molecule has 0 amide bonds. The number of hydrogen-bond donors (Lipinski definition) is 1. The summed E-state index contributed by atoms with van der Waals surface area (Å²) in [6.45, 7) is 12.5. The summed E-state index contributed by atoms with van der Waals surface area (Å²) in [6.07, 6.45) is 0. The van der Waals surface area contributed by atoms with E-state index in [2.05, 4.69) is 24.1 Å². The Hall–Kier alpha value is -0.160. The summed E-state index contributed by atoms with van der Waals surface area (Å²) in [5.74, 6) is 1.45. The zero-order valence-electron chi connectivity index (χ0n) is 11.6. The number of ether oxygens (including phenoxy) is 2. The minimum atomic E-state index is 0.691. The van der Waals surface area contributed by atoms with Crippen molar-refractivity contribution < 1.29 is 9.47 Å². The van der Waals surface area contributed by atoms with Gasteiger partial charge in [-0.2, -0.15) is 0 Å². The van der Waals surface area contributed by atoms with Gasteiger partial charge in [-0.05, 0) is 24.9 Å². The minimum absolute atomic E-state index is 0.691. The highest BCUT2D eigenvalue weighted by molar-refractivity contribution is 4.72. The Morgan fingerprint density at radius 3 is 2.29 bits per heavy atom. The Balaban J connectivity index is 2.18. The van der Waals surface area contributed by atoms with Crippen molar-refractivity contribution in [1.82, 2.24) is 10.2 Å². The third-order valence-corrected chi connectivity index (χ3v) is 3.11. The van der Waals surface area contributed by atoms with Crippen LogP contribution in [0.4, 0.5) is 0 Å². The van der Waals surface area contributed by atoms with Gasteiger partial charge in [0.15, 0.2) is 0 Å². The molecule has 0 bridgehead atoms. The Bertz CT molecular complexity index is 178. The molecule has 17 heavy (non-hydrogen) atoms. The molecule has 0 aliphatic carbocycles. The van der Waals surface area contributed by atoms with Gasteiger partial charge in [-0.1, -0.05) is 13.8 Å². The zero-order valence-corrected chi connectivity index (χ0v) is 11.6. The molecule has 1 N–H and O–H groups in total. The molecule has 0 aromatic heterocycles. The Morgan fingerprint density at radius 2 is 1.71 bits per heavy atom. The fraction of sp³-hybridized carbons (Fsp3) is 1.00. The van der Waals surface area contributed by atoms with Crippen LogP contribution in [0, 0.1) is 11.8 Å². The van der Waals surface area contributed by atoms with Crippen LogP contribution in [0.2, 0.25) is 0 Å². The Morgan fingerprint density at radius 1 is 1.06 bits per heavy atom. The Kier molecular flexibility index (Phi) is 7.77. The first-order valence-corrected chi connectivity index (χ1v) is 6.72. The summed E-state index contributed by atoms with van der Waals surface area (Å²) < 4.78 is 10.5. The van der Waals surface area contributed by atoms with E-state index < -0.39 is 0 Å². The molecular formula is C13H28N2O2. The lowest BCUT2D eigenvalue weighted by molar-refractivity contribution is 0.0511. The van der Waals surface area contributed by atoms with Gasteiger partial charge in [-0.15, -0.1) is 0 Å². The smallest absolute Gasteiger partial charge is 0.0700 e. The van der Waals surface area contributed by atoms with E-state index in [0.717, 1.165) is 38.1 Å². The highest BCUT2D eigenvalue weighted by Gasteiger charge is 2.16. The molecule has 2 atom stereocenters. The van der Waals surface area contributed by atoms with E-state index in [1.54, 1.807) is 7.11 Å². The first-order valence-electron chi connectivity index (χ1n) is 6.72. The SMILES string of the molecule is COCCOCCN1CC(C)CNCC(C)C1. The van der Waals surface area contributed by atoms with Gasteiger partial charge < -0.3 is 19.7 Å². The van der Waals surface area contributed by atoms with Gasteiger partial charge in [-0.3, -0.25) is 0 Å². The van der Waals surface area contributed by atoms with E-state index in [1.165, 1.54) is 13.1 Å². The molecule has 0 aromatic carbocycles. The largest absolute Gasteiger partial charge is 0.382 e. The molecular weight excluding hydrogens is 216 g/mol. The lowest BCUT2D eigenvalue weighted by Gasteiger charge is -2.31.